The van der Waals surface area contributed by atoms with Crippen molar-refractivity contribution >= 4 is 38.9 Å². The van der Waals surface area contributed by atoms with Gasteiger partial charge in [-0.2, -0.15) is 0 Å². The summed E-state index contributed by atoms with van der Waals surface area (Å²) in [6.07, 6.45) is 3.93. The van der Waals surface area contributed by atoms with Gasteiger partial charge in [-0.25, -0.2) is 4.98 Å². The fraction of sp³-hybridized carbons (Fsp3) is 0.261. The molecule has 3 aromatic heterocycles. The lowest BCUT2D eigenvalue weighted by Gasteiger charge is -2.29. The fourth-order valence-corrected chi connectivity index (χ4v) is 5.35. The molecule has 2 atom stereocenters. The number of thiazole rings is 1. The molecular weight excluding hydrogens is 424 g/mol. The highest BCUT2D eigenvalue weighted by molar-refractivity contribution is 7.80. The topological polar surface area (TPSA) is 49.2 Å². The number of pyridine rings is 1. The van der Waals surface area contributed by atoms with Crippen molar-refractivity contribution in [1.29, 1.82) is 0 Å². The maximum absolute atomic E-state index is 5.78. The molecule has 31 heavy (non-hydrogen) atoms. The summed E-state index contributed by atoms with van der Waals surface area (Å²) in [5, 5.41) is 5.26. The van der Waals surface area contributed by atoms with Crippen LogP contribution in [-0.4, -0.2) is 56.6 Å². The van der Waals surface area contributed by atoms with Crippen LogP contribution in [0.4, 0.5) is 0 Å². The van der Waals surface area contributed by atoms with Crippen molar-refractivity contribution in [2.24, 2.45) is 0 Å². The molecule has 4 heterocycles. The lowest BCUT2D eigenvalue weighted by Crippen LogP contribution is -2.36. The highest BCUT2D eigenvalue weighted by Gasteiger charge is 2.41. The summed E-state index contributed by atoms with van der Waals surface area (Å²) in [6.45, 7) is 1.74. The second-order valence-electron chi connectivity index (χ2n) is 7.89. The Bertz CT molecular complexity index is 1170. The zero-order chi connectivity index (χ0) is 21.4. The van der Waals surface area contributed by atoms with Gasteiger partial charge >= 0.3 is 0 Å². The predicted molar refractivity (Wildman–Crippen MR) is 130 cm³/mol. The summed E-state index contributed by atoms with van der Waals surface area (Å²) >= 11 is 7.48. The summed E-state index contributed by atoms with van der Waals surface area (Å²) in [7, 11) is 4.17. The van der Waals surface area contributed by atoms with E-state index in [1.165, 1.54) is 4.70 Å². The van der Waals surface area contributed by atoms with E-state index in [-0.39, 0.29) is 12.1 Å². The van der Waals surface area contributed by atoms with Gasteiger partial charge in [0.2, 0.25) is 0 Å². The van der Waals surface area contributed by atoms with E-state index in [9.17, 15) is 0 Å². The Balaban J connectivity index is 1.59. The SMILES string of the molecule is CN(C)CCN1C(=S)N[C@@H](c2ccccn2)[C@H]1c1cccn1-c1nc2ccccc2s1. The van der Waals surface area contributed by atoms with Gasteiger partial charge in [0.25, 0.3) is 0 Å². The second-order valence-corrected chi connectivity index (χ2v) is 9.29. The summed E-state index contributed by atoms with van der Waals surface area (Å²) in [6, 6.07) is 18.5. The van der Waals surface area contributed by atoms with Crippen LogP contribution in [0.1, 0.15) is 23.5 Å². The quantitative estimate of drug-likeness (QED) is 0.450. The van der Waals surface area contributed by atoms with Gasteiger partial charge in [-0.1, -0.05) is 29.5 Å². The number of rotatable bonds is 6. The third-order valence-corrected chi connectivity index (χ3v) is 6.95. The molecular formula is C23H24N6S2. The summed E-state index contributed by atoms with van der Waals surface area (Å²) in [4.78, 5) is 14.0. The number of likely N-dealkylation sites (N-methyl/N-ethyl adjacent to an activating group) is 1. The molecule has 6 nitrogen and oxygen atoms in total. The number of hydrogen-bond donors (Lipinski definition) is 1. The Kier molecular flexibility index (Phi) is 5.43. The van der Waals surface area contributed by atoms with Crippen LogP contribution in [0.3, 0.4) is 0 Å². The van der Waals surface area contributed by atoms with E-state index in [2.05, 4.69) is 81.4 Å². The first-order valence-corrected chi connectivity index (χ1v) is 11.5. The van der Waals surface area contributed by atoms with Crippen LogP contribution in [0.15, 0.2) is 67.0 Å². The molecule has 0 unspecified atom stereocenters. The number of benzene rings is 1. The minimum Gasteiger partial charge on any atom is -0.352 e. The maximum Gasteiger partial charge on any atom is 0.194 e. The standard InChI is InChI=1S/C23H24N6S2/c1-27(2)14-15-29-21(20(26-22(29)30)17-9-5-6-12-24-17)18-10-7-13-28(18)23-25-16-8-3-4-11-19(16)31-23/h3-13,20-21H,14-15H2,1-2H3,(H,26,30)/t20-,21+/m0/s1. The minimum atomic E-state index is -0.0288. The van der Waals surface area contributed by atoms with Crippen molar-refractivity contribution in [3.05, 3.63) is 78.4 Å². The normalized spacial score (nSPS) is 18.8. The van der Waals surface area contributed by atoms with E-state index in [1.54, 1.807) is 11.3 Å². The van der Waals surface area contributed by atoms with Crippen LogP contribution in [0.2, 0.25) is 0 Å². The molecule has 0 spiro atoms. The Morgan fingerprint density at radius 2 is 1.94 bits per heavy atom. The molecule has 1 N–H and O–H groups in total. The van der Waals surface area contributed by atoms with Gasteiger partial charge in [0.15, 0.2) is 10.2 Å². The molecule has 8 heteroatoms. The van der Waals surface area contributed by atoms with Crippen molar-refractivity contribution in [3.63, 3.8) is 0 Å². The molecule has 1 aliphatic rings. The average molecular weight is 449 g/mol. The number of nitrogens with zero attached hydrogens (tertiary/aromatic N) is 5. The Morgan fingerprint density at radius 1 is 1.10 bits per heavy atom. The van der Waals surface area contributed by atoms with E-state index in [4.69, 9.17) is 17.2 Å². The van der Waals surface area contributed by atoms with Crippen LogP contribution >= 0.6 is 23.6 Å². The van der Waals surface area contributed by atoms with E-state index < -0.39 is 0 Å². The molecule has 0 bridgehead atoms. The first kappa shape index (κ1) is 20.1. The maximum atomic E-state index is 5.78. The van der Waals surface area contributed by atoms with Crippen LogP contribution in [0, 0.1) is 0 Å². The molecule has 0 amide bonds. The highest BCUT2D eigenvalue weighted by Crippen LogP contribution is 2.40. The Hall–Kier alpha value is -2.81. The van der Waals surface area contributed by atoms with E-state index >= 15 is 0 Å². The number of nitrogens with one attached hydrogen (secondary N) is 1. The molecule has 1 fully saturated rings. The number of hydrogen-bond acceptors (Lipinski definition) is 5. The molecule has 0 saturated carbocycles. The molecule has 1 saturated heterocycles. The summed E-state index contributed by atoms with van der Waals surface area (Å²) < 4.78 is 3.38. The monoisotopic (exact) mass is 448 g/mol. The molecule has 4 aromatic rings. The first-order chi connectivity index (χ1) is 15.1. The summed E-state index contributed by atoms with van der Waals surface area (Å²) in [5.74, 6) is 0. The highest BCUT2D eigenvalue weighted by atomic mass is 32.1. The molecule has 158 valence electrons. The number of thiocarbonyl (C=S) groups is 1. The van der Waals surface area contributed by atoms with Crippen molar-refractivity contribution in [2.75, 3.05) is 27.2 Å². The second kappa shape index (κ2) is 8.37. The van der Waals surface area contributed by atoms with Gasteiger partial charge in [0.05, 0.1) is 33.7 Å². The van der Waals surface area contributed by atoms with Crippen LogP contribution in [-0.2, 0) is 0 Å². The van der Waals surface area contributed by atoms with Gasteiger partial charge in [-0.3, -0.25) is 9.55 Å². The lowest BCUT2D eigenvalue weighted by atomic mass is 10.0. The van der Waals surface area contributed by atoms with E-state index in [0.29, 0.717) is 0 Å². The predicted octanol–water partition coefficient (Wildman–Crippen LogP) is 4.02. The minimum absolute atomic E-state index is 0.0179. The molecule has 1 aliphatic heterocycles. The Labute approximate surface area is 191 Å². The molecule has 0 radical (unpaired) electrons. The average Bonchev–Trinajstić information content (AvgIpc) is 3.48. The van der Waals surface area contributed by atoms with E-state index in [0.717, 1.165) is 40.2 Å². The zero-order valence-corrected chi connectivity index (χ0v) is 19.1. The third-order valence-electron chi connectivity index (χ3n) is 5.56. The smallest absolute Gasteiger partial charge is 0.194 e. The van der Waals surface area contributed by atoms with Crippen molar-refractivity contribution < 1.29 is 0 Å². The van der Waals surface area contributed by atoms with Crippen LogP contribution in [0.5, 0.6) is 0 Å². The van der Waals surface area contributed by atoms with Gasteiger partial charge < -0.3 is 15.1 Å². The van der Waals surface area contributed by atoms with Crippen molar-refractivity contribution in [2.45, 2.75) is 12.1 Å². The van der Waals surface area contributed by atoms with Gasteiger partial charge in [-0.05, 0) is 62.7 Å². The van der Waals surface area contributed by atoms with Crippen LogP contribution < -0.4 is 5.32 Å². The molecule has 1 aromatic carbocycles. The van der Waals surface area contributed by atoms with E-state index in [1.807, 2.05) is 24.4 Å². The number of fused-ring (bicyclic) bond motifs is 1. The summed E-state index contributed by atoms with van der Waals surface area (Å²) in [5.41, 5.74) is 3.16. The van der Waals surface area contributed by atoms with Gasteiger partial charge in [-0.15, -0.1) is 0 Å². The fourth-order valence-electron chi connectivity index (χ4n) is 4.05. The van der Waals surface area contributed by atoms with Gasteiger partial charge in [0, 0.05) is 25.5 Å². The van der Waals surface area contributed by atoms with Crippen molar-refractivity contribution in [1.82, 2.24) is 29.7 Å². The van der Waals surface area contributed by atoms with Crippen molar-refractivity contribution in [3.8, 4) is 5.13 Å². The number of aromatic nitrogens is 3. The van der Waals surface area contributed by atoms with Crippen LogP contribution in [0.25, 0.3) is 15.3 Å². The molecule has 5 rings (SSSR count). The number of para-hydroxylation sites is 1. The Morgan fingerprint density at radius 3 is 2.71 bits per heavy atom. The lowest BCUT2D eigenvalue weighted by molar-refractivity contribution is 0.272. The molecule has 0 aliphatic carbocycles. The first-order valence-electron chi connectivity index (χ1n) is 10.3. The van der Waals surface area contributed by atoms with Gasteiger partial charge in [0.1, 0.15) is 0 Å². The zero-order valence-electron chi connectivity index (χ0n) is 17.5. The largest absolute Gasteiger partial charge is 0.352 e. The third kappa shape index (κ3) is 3.82.